The minimum Gasteiger partial charge on any atom is -0.493 e. The Kier molecular flexibility index (Phi) is 9.70. The first-order chi connectivity index (χ1) is 17.5. The highest BCUT2D eigenvalue weighted by Crippen LogP contribution is 2.40. The molecule has 0 heterocycles. The third-order valence-corrected chi connectivity index (χ3v) is 5.12. The van der Waals surface area contributed by atoms with E-state index in [0.29, 0.717) is 22.8 Å². The molecule has 0 amide bonds. The number of esters is 2. The van der Waals surface area contributed by atoms with E-state index in [-0.39, 0.29) is 6.61 Å². The van der Waals surface area contributed by atoms with E-state index >= 15 is 0 Å². The van der Waals surface area contributed by atoms with Crippen molar-refractivity contribution in [3.05, 3.63) is 102 Å². The zero-order chi connectivity index (χ0) is 25.8. The maximum Gasteiger partial charge on any atom is 0.331 e. The molecule has 3 rings (SSSR count). The van der Waals surface area contributed by atoms with Crippen molar-refractivity contribution in [1.29, 1.82) is 0 Å². The van der Waals surface area contributed by atoms with Crippen molar-refractivity contribution in [3.8, 4) is 17.2 Å². The number of benzene rings is 3. The third kappa shape index (κ3) is 7.50. The van der Waals surface area contributed by atoms with Crippen LogP contribution in [0, 0.1) is 0 Å². The first-order valence-electron chi connectivity index (χ1n) is 11.2. The Bertz CT molecular complexity index is 1180. The van der Waals surface area contributed by atoms with Crippen LogP contribution in [0.4, 0.5) is 0 Å². The number of hydrogen-bond donors (Lipinski definition) is 0. The summed E-state index contributed by atoms with van der Waals surface area (Å²) >= 11 is 0. The lowest BCUT2D eigenvalue weighted by atomic mass is 10.1. The van der Waals surface area contributed by atoms with Gasteiger partial charge in [0.25, 0.3) is 0 Å². The molecule has 0 unspecified atom stereocenters. The summed E-state index contributed by atoms with van der Waals surface area (Å²) in [5.41, 5.74) is 2.20. The van der Waals surface area contributed by atoms with Gasteiger partial charge in [-0.3, -0.25) is 0 Å². The predicted octanol–water partition coefficient (Wildman–Crippen LogP) is 5.27. The quantitative estimate of drug-likeness (QED) is 0.269. The van der Waals surface area contributed by atoms with E-state index < -0.39 is 18.0 Å². The Balaban J connectivity index is 1.81. The molecular formula is C29H28O7. The van der Waals surface area contributed by atoms with E-state index in [9.17, 15) is 9.59 Å². The van der Waals surface area contributed by atoms with Gasteiger partial charge in [-0.1, -0.05) is 60.7 Å². The first-order valence-corrected chi connectivity index (χ1v) is 11.2. The minimum absolute atomic E-state index is 0.221. The standard InChI is InChI=1S/C29H28O7/c1-32-24-18-23(19-25(33-2)29(24)34-3)26(36-28(31)17-15-22-12-8-5-9-13-22)20-35-27(30)16-14-21-10-6-4-7-11-21/h4-19,26H,20H2,1-3H3/b16-14+,17-15+/t26-/m1/s1. The average Bonchev–Trinajstić information content (AvgIpc) is 2.93. The van der Waals surface area contributed by atoms with Gasteiger partial charge < -0.3 is 23.7 Å². The van der Waals surface area contributed by atoms with Crippen LogP contribution in [-0.4, -0.2) is 39.9 Å². The molecule has 3 aromatic carbocycles. The zero-order valence-electron chi connectivity index (χ0n) is 20.4. The Morgan fingerprint density at radius 2 is 1.22 bits per heavy atom. The highest BCUT2D eigenvalue weighted by molar-refractivity contribution is 5.88. The summed E-state index contributed by atoms with van der Waals surface area (Å²) in [7, 11) is 4.46. The zero-order valence-corrected chi connectivity index (χ0v) is 20.4. The van der Waals surface area contributed by atoms with E-state index in [1.54, 1.807) is 24.3 Å². The number of methoxy groups -OCH3 is 3. The van der Waals surface area contributed by atoms with Crippen molar-refractivity contribution in [2.45, 2.75) is 6.10 Å². The average molecular weight is 489 g/mol. The lowest BCUT2D eigenvalue weighted by Crippen LogP contribution is -2.17. The molecule has 1 atom stereocenters. The van der Waals surface area contributed by atoms with Gasteiger partial charge in [0.05, 0.1) is 21.3 Å². The molecule has 0 saturated heterocycles. The Morgan fingerprint density at radius 1 is 0.722 bits per heavy atom. The summed E-state index contributed by atoms with van der Waals surface area (Å²) in [6, 6.07) is 22.0. The number of carbonyl (C=O) groups excluding carboxylic acids is 2. The second-order valence-electron chi connectivity index (χ2n) is 7.50. The molecule has 0 aliphatic rings. The van der Waals surface area contributed by atoms with Crippen LogP contribution in [0.3, 0.4) is 0 Å². The fraction of sp³-hybridized carbons (Fsp3) is 0.172. The summed E-state index contributed by atoms with van der Waals surface area (Å²) < 4.78 is 27.3. The molecule has 0 spiro atoms. The summed E-state index contributed by atoms with van der Waals surface area (Å²) in [6.07, 6.45) is 4.99. The maximum absolute atomic E-state index is 12.6. The lowest BCUT2D eigenvalue weighted by Gasteiger charge is -2.20. The summed E-state index contributed by atoms with van der Waals surface area (Å²) in [6.45, 7) is -0.221. The predicted molar refractivity (Wildman–Crippen MR) is 137 cm³/mol. The van der Waals surface area contributed by atoms with E-state index in [1.807, 2.05) is 60.7 Å². The van der Waals surface area contributed by atoms with Crippen molar-refractivity contribution in [3.63, 3.8) is 0 Å². The van der Waals surface area contributed by atoms with Gasteiger partial charge in [0.1, 0.15) is 6.61 Å². The molecule has 0 fully saturated rings. The van der Waals surface area contributed by atoms with Crippen LogP contribution in [0.2, 0.25) is 0 Å². The Morgan fingerprint density at radius 3 is 1.69 bits per heavy atom. The molecule has 0 bridgehead atoms. The molecular weight excluding hydrogens is 460 g/mol. The molecule has 36 heavy (non-hydrogen) atoms. The van der Waals surface area contributed by atoms with Crippen LogP contribution >= 0.6 is 0 Å². The van der Waals surface area contributed by atoms with E-state index in [1.165, 1.54) is 33.5 Å². The minimum atomic E-state index is -0.930. The van der Waals surface area contributed by atoms with Gasteiger partial charge >= 0.3 is 11.9 Å². The highest BCUT2D eigenvalue weighted by atomic mass is 16.6. The molecule has 0 aromatic heterocycles. The molecule has 3 aromatic rings. The van der Waals surface area contributed by atoms with Crippen molar-refractivity contribution in [1.82, 2.24) is 0 Å². The number of ether oxygens (including phenoxy) is 5. The molecule has 0 aliphatic heterocycles. The summed E-state index contributed by atoms with van der Waals surface area (Å²) in [5, 5.41) is 0. The molecule has 0 saturated carbocycles. The molecule has 0 aliphatic carbocycles. The van der Waals surface area contributed by atoms with E-state index in [2.05, 4.69) is 0 Å². The van der Waals surface area contributed by atoms with Gasteiger partial charge in [-0.05, 0) is 35.4 Å². The van der Waals surface area contributed by atoms with Crippen LogP contribution in [0.15, 0.2) is 84.9 Å². The van der Waals surface area contributed by atoms with Gasteiger partial charge in [0.2, 0.25) is 5.75 Å². The number of carbonyl (C=O) groups is 2. The molecule has 186 valence electrons. The number of rotatable bonds is 11. The van der Waals surface area contributed by atoms with Gasteiger partial charge in [-0.25, -0.2) is 9.59 Å². The van der Waals surface area contributed by atoms with Crippen LogP contribution in [0.5, 0.6) is 17.2 Å². The normalized spacial score (nSPS) is 11.8. The monoisotopic (exact) mass is 488 g/mol. The summed E-state index contributed by atoms with van der Waals surface area (Å²) in [5.74, 6) is -0.0349. The van der Waals surface area contributed by atoms with Crippen LogP contribution in [0.25, 0.3) is 12.2 Å². The maximum atomic E-state index is 12.6. The smallest absolute Gasteiger partial charge is 0.331 e. The molecule has 7 nitrogen and oxygen atoms in total. The highest BCUT2D eigenvalue weighted by Gasteiger charge is 2.23. The molecule has 0 N–H and O–H groups in total. The van der Waals surface area contributed by atoms with Gasteiger partial charge in [0, 0.05) is 17.7 Å². The number of hydrogen-bond acceptors (Lipinski definition) is 7. The molecule has 7 heteroatoms. The van der Waals surface area contributed by atoms with E-state index in [0.717, 1.165) is 11.1 Å². The Hall–Kier alpha value is -4.52. The van der Waals surface area contributed by atoms with Crippen molar-refractivity contribution >= 4 is 24.1 Å². The van der Waals surface area contributed by atoms with E-state index in [4.69, 9.17) is 23.7 Å². The Labute approximate surface area is 210 Å². The van der Waals surface area contributed by atoms with Crippen LogP contribution in [0.1, 0.15) is 22.8 Å². The second-order valence-corrected chi connectivity index (χ2v) is 7.50. The largest absolute Gasteiger partial charge is 0.493 e. The summed E-state index contributed by atoms with van der Waals surface area (Å²) in [4.78, 5) is 25.0. The van der Waals surface area contributed by atoms with Crippen molar-refractivity contribution < 1.29 is 33.3 Å². The van der Waals surface area contributed by atoms with Crippen LogP contribution in [-0.2, 0) is 19.1 Å². The van der Waals surface area contributed by atoms with Gasteiger partial charge in [0.15, 0.2) is 17.6 Å². The fourth-order valence-corrected chi connectivity index (χ4v) is 3.33. The lowest BCUT2D eigenvalue weighted by molar-refractivity contribution is -0.153. The fourth-order valence-electron chi connectivity index (χ4n) is 3.33. The van der Waals surface area contributed by atoms with Gasteiger partial charge in [-0.15, -0.1) is 0 Å². The van der Waals surface area contributed by atoms with Crippen molar-refractivity contribution in [2.75, 3.05) is 27.9 Å². The first kappa shape index (κ1) is 26.1. The topological polar surface area (TPSA) is 80.3 Å². The van der Waals surface area contributed by atoms with Crippen LogP contribution < -0.4 is 14.2 Å². The van der Waals surface area contributed by atoms with Gasteiger partial charge in [-0.2, -0.15) is 0 Å². The second kappa shape index (κ2) is 13.4. The third-order valence-electron chi connectivity index (χ3n) is 5.12. The van der Waals surface area contributed by atoms with Crippen molar-refractivity contribution in [2.24, 2.45) is 0 Å². The molecule has 0 radical (unpaired) electrons. The SMILES string of the molecule is COc1cc([C@@H](COC(=O)/C=C/c2ccccc2)OC(=O)/C=C/c2ccccc2)cc(OC)c1OC.